The van der Waals surface area contributed by atoms with Crippen LogP contribution >= 0.6 is 15.9 Å². The summed E-state index contributed by atoms with van der Waals surface area (Å²) in [4.78, 5) is 3.91. The van der Waals surface area contributed by atoms with E-state index in [0.29, 0.717) is 6.61 Å². The van der Waals surface area contributed by atoms with Crippen LogP contribution in [0, 0.1) is 11.6 Å². The number of halogens is 3. The number of benzene rings is 1. The molecule has 0 bridgehead atoms. The zero-order valence-corrected chi connectivity index (χ0v) is 12.2. The Kier molecular flexibility index (Phi) is 4.79. The Labute approximate surface area is 122 Å². The highest BCUT2D eigenvalue weighted by molar-refractivity contribution is 9.10. The first-order chi connectivity index (χ1) is 9.52. The number of nitrogens with two attached hydrogens (primary N) is 1. The molecule has 2 rings (SSSR count). The highest BCUT2D eigenvalue weighted by atomic mass is 79.9. The normalized spacial score (nSPS) is 12.7. The number of hydrogen-bond donors (Lipinski definition) is 1. The number of nitrogens with zero attached hydrogens (tertiary/aromatic N) is 2. The Morgan fingerprint density at radius 1 is 1.40 bits per heavy atom. The van der Waals surface area contributed by atoms with Crippen molar-refractivity contribution in [3.05, 3.63) is 34.1 Å². The van der Waals surface area contributed by atoms with Gasteiger partial charge in [-0.05, 0) is 19.1 Å². The standard InChI is InChI=1S/C12H12BrF2N3O2/c1-2-19-5-9(16)11-17-12(20-18-11)10-7(14)3-6(13)4-8(10)15/h3-4,9H,2,5,16H2,1H3. The van der Waals surface area contributed by atoms with Gasteiger partial charge < -0.3 is 15.0 Å². The predicted molar refractivity (Wildman–Crippen MR) is 70.8 cm³/mol. The maximum atomic E-state index is 13.8. The molecule has 0 aliphatic carbocycles. The minimum Gasteiger partial charge on any atom is -0.380 e. The molecule has 1 aromatic heterocycles. The van der Waals surface area contributed by atoms with Gasteiger partial charge in [-0.2, -0.15) is 4.98 Å². The lowest BCUT2D eigenvalue weighted by Crippen LogP contribution is -2.18. The van der Waals surface area contributed by atoms with Crippen LogP contribution in [-0.4, -0.2) is 23.4 Å². The molecule has 0 aliphatic heterocycles. The van der Waals surface area contributed by atoms with E-state index < -0.39 is 17.7 Å². The van der Waals surface area contributed by atoms with E-state index in [1.165, 1.54) is 0 Å². The molecule has 1 atom stereocenters. The van der Waals surface area contributed by atoms with Gasteiger partial charge in [0.1, 0.15) is 17.2 Å². The van der Waals surface area contributed by atoms with E-state index in [0.717, 1.165) is 12.1 Å². The van der Waals surface area contributed by atoms with Crippen LogP contribution in [-0.2, 0) is 4.74 Å². The Morgan fingerprint density at radius 2 is 2.05 bits per heavy atom. The van der Waals surface area contributed by atoms with Crippen LogP contribution in [0.25, 0.3) is 11.5 Å². The molecular formula is C12H12BrF2N3O2. The maximum Gasteiger partial charge on any atom is 0.263 e. The molecule has 0 radical (unpaired) electrons. The molecule has 0 spiro atoms. The summed E-state index contributed by atoms with van der Waals surface area (Å²) in [5.74, 6) is -1.72. The summed E-state index contributed by atoms with van der Waals surface area (Å²) < 4.78 is 37.8. The largest absolute Gasteiger partial charge is 0.380 e. The van der Waals surface area contributed by atoms with Crippen LogP contribution in [0.4, 0.5) is 8.78 Å². The molecule has 0 aliphatic rings. The van der Waals surface area contributed by atoms with Gasteiger partial charge in [0.15, 0.2) is 5.82 Å². The van der Waals surface area contributed by atoms with E-state index in [9.17, 15) is 8.78 Å². The molecular weight excluding hydrogens is 336 g/mol. The van der Waals surface area contributed by atoms with Gasteiger partial charge in [0.05, 0.1) is 12.6 Å². The van der Waals surface area contributed by atoms with Gasteiger partial charge in [0.25, 0.3) is 5.89 Å². The van der Waals surface area contributed by atoms with E-state index in [-0.39, 0.29) is 28.4 Å². The highest BCUT2D eigenvalue weighted by Gasteiger charge is 2.21. The van der Waals surface area contributed by atoms with Crippen molar-refractivity contribution in [3.8, 4) is 11.5 Å². The molecule has 20 heavy (non-hydrogen) atoms. The number of aromatic nitrogens is 2. The van der Waals surface area contributed by atoms with Crippen molar-refractivity contribution in [2.45, 2.75) is 13.0 Å². The van der Waals surface area contributed by atoms with E-state index >= 15 is 0 Å². The van der Waals surface area contributed by atoms with E-state index in [1.54, 1.807) is 0 Å². The first-order valence-corrected chi connectivity index (χ1v) is 6.64. The van der Waals surface area contributed by atoms with E-state index in [2.05, 4.69) is 26.1 Å². The average molecular weight is 348 g/mol. The van der Waals surface area contributed by atoms with Gasteiger partial charge in [-0.15, -0.1) is 0 Å². The van der Waals surface area contributed by atoms with E-state index in [1.807, 2.05) is 6.92 Å². The molecule has 8 heteroatoms. The Balaban J connectivity index is 2.29. The lowest BCUT2D eigenvalue weighted by atomic mass is 10.2. The zero-order valence-electron chi connectivity index (χ0n) is 10.6. The Hall–Kier alpha value is -1.38. The first kappa shape index (κ1) is 15.0. The average Bonchev–Trinajstić information content (AvgIpc) is 2.84. The summed E-state index contributed by atoms with van der Waals surface area (Å²) in [5, 5.41) is 3.61. The fraction of sp³-hybridized carbons (Fsp3) is 0.333. The summed E-state index contributed by atoms with van der Waals surface area (Å²) in [5.41, 5.74) is 5.39. The molecule has 5 nitrogen and oxygen atoms in total. The third-order valence-electron chi connectivity index (χ3n) is 2.50. The zero-order chi connectivity index (χ0) is 14.7. The van der Waals surface area contributed by atoms with Gasteiger partial charge in [-0.3, -0.25) is 0 Å². The molecule has 0 saturated heterocycles. The van der Waals surface area contributed by atoms with Gasteiger partial charge in [-0.1, -0.05) is 21.1 Å². The summed E-state index contributed by atoms with van der Waals surface area (Å²) in [6, 6.07) is 1.61. The summed E-state index contributed by atoms with van der Waals surface area (Å²) >= 11 is 2.99. The first-order valence-electron chi connectivity index (χ1n) is 5.84. The third-order valence-corrected chi connectivity index (χ3v) is 2.95. The monoisotopic (exact) mass is 347 g/mol. The van der Waals surface area contributed by atoms with E-state index in [4.69, 9.17) is 15.0 Å². The molecule has 2 aromatic rings. The third kappa shape index (κ3) is 3.20. The topological polar surface area (TPSA) is 74.2 Å². The van der Waals surface area contributed by atoms with Gasteiger partial charge >= 0.3 is 0 Å². The quantitative estimate of drug-likeness (QED) is 0.900. The Bertz CT molecular complexity index is 583. The van der Waals surface area contributed by atoms with Crippen LogP contribution in [0.2, 0.25) is 0 Å². The second-order valence-electron chi connectivity index (χ2n) is 3.97. The number of rotatable bonds is 5. The maximum absolute atomic E-state index is 13.8. The van der Waals surface area contributed by atoms with Crippen molar-refractivity contribution in [1.82, 2.24) is 10.1 Å². The Morgan fingerprint density at radius 3 is 2.65 bits per heavy atom. The van der Waals surface area contributed by atoms with Crippen molar-refractivity contribution in [1.29, 1.82) is 0 Å². The SMILES string of the molecule is CCOCC(N)c1noc(-c2c(F)cc(Br)cc2F)n1. The second kappa shape index (κ2) is 6.38. The van der Waals surface area contributed by atoms with Crippen LogP contribution in [0.3, 0.4) is 0 Å². The summed E-state index contributed by atoms with van der Waals surface area (Å²) in [6.45, 7) is 2.51. The smallest absolute Gasteiger partial charge is 0.263 e. The highest BCUT2D eigenvalue weighted by Crippen LogP contribution is 2.28. The van der Waals surface area contributed by atoms with Gasteiger partial charge in [0.2, 0.25) is 0 Å². The van der Waals surface area contributed by atoms with Gasteiger partial charge in [-0.25, -0.2) is 8.78 Å². The van der Waals surface area contributed by atoms with Crippen LogP contribution in [0.1, 0.15) is 18.8 Å². The minimum absolute atomic E-state index is 0.134. The molecule has 1 heterocycles. The van der Waals surface area contributed by atoms with Crippen molar-refractivity contribution in [2.24, 2.45) is 5.73 Å². The molecule has 2 N–H and O–H groups in total. The molecule has 0 saturated carbocycles. The molecule has 1 aromatic carbocycles. The van der Waals surface area contributed by atoms with Crippen LogP contribution in [0.5, 0.6) is 0 Å². The molecule has 1 unspecified atom stereocenters. The molecule has 108 valence electrons. The van der Waals surface area contributed by atoms with Crippen molar-refractivity contribution >= 4 is 15.9 Å². The van der Waals surface area contributed by atoms with Crippen molar-refractivity contribution in [2.75, 3.05) is 13.2 Å². The van der Waals surface area contributed by atoms with Crippen molar-refractivity contribution < 1.29 is 18.0 Å². The fourth-order valence-corrected chi connectivity index (χ4v) is 1.95. The predicted octanol–water partition coefficient (Wildman–Crippen LogP) is 2.81. The van der Waals surface area contributed by atoms with Crippen LogP contribution in [0.15, 0.2) is 21.1 Å². The molecule has 0 fully saturated rings. The van der Waals surface area contributed by atoms with Gasteiger partial charge in [0, 0.05) is 11.1 Å². The lowest BCUT2D eigenvalue weighted by Gasteiger charge is -2.05. The van der Waals surface area contributed by atoms with Crippen molar-refractivity contribution in [3.63, 3.8) is 0 Å². The second-order valence-corrected chi connectivity index (χ2v) is 4.88. The number of hydrogen-bond acceptors (Lipinski definition) is 5. The molecule has 0 amide bonds. The fourth-order valence-electron chi connectivity index (χ4n) is 1.55. The lowest BCUT2D eigenvalue weighted by molar-refractivity contribution is 0.130. The minimum atomic E-state index is -0.801. The van der Waals surface area contributed by atoms with Crippen LogP contribution < -0.4 is 5.73 Å². The summed E-state index contributed by atoms with van der Waals surface area (Å²) in [7, 11) is 0. The number of ether oxygens (including phenoxy) is 1. The summed E-state index contributed by atoms with van der Waals surface area (Å²) in [6.07, 6.45) is 0.